The van der Waals surface area contributed by atoms with Crippen molar-refractivity contribution in [3.8, 4) is 0 Å². The van der Waals surface area contributed by atoms with Crippen LogP contribution in [0.15, 0.2) is 36.4 Å². The van der Waals surface area contributed by atoms with Gasteiger partial charge in [0.25, 0.3) is 5.91 Å². The predicted octanol–water partition coefficient (Wildman–Crippen LogP) is 1.35. The van der Waals surface area contributed by atoms with Crippen molar-refractivity contribution in [3.63, 3.8) is 0 Å². The molecule has 4 rings (SSSR count). The summed E-state index contributed by atoms with van der Waals surface area (Å²) in [6, 6.07) is 12.2. The van der Waals surface area contributed by atoms with Gasteiger partial charge in [0.15, 0.2) is 0 Å². The molecule has 1 aliphatic heterocycles. The van der Waals surface area contributed by atoms with Gasteiger partial charge in [-0.05, 0) is 36.5 Å². The largest absolute Gasteiger partial charge is 0.390 e. The van der Waals surface area contributed by atoms with E-state index in [1.807, 2.05) is 29.2 Å². The quantitative estimate of drug-likeness (QED) is 0.854. The molecular weight excluding hydrogens is 340 g/mol. The van der Waals surface area contributed by atoms with Crippen molar-refractivity contribution in [2.75, 3.05) is 31.1 Å². The number of carbonyl (C=O) groups excluding carboxylic acids is 1. The summed E-state index contributed by atoms with van der Waals surface area (Å²) in [5.74, 6) is 0.177. The average molecular weight is 366 g/mol. The van der Waals surface area contributed by atoms with Gasteiger partial charge in [-0.2, -0.15) is 0 Å². The van der Waals surface area contributed by atoms with Crippen molar-refractivity contribution in [2.24, 2.45) is 5.73 Å². The fraction of sp³-hybridized carbons (Fsp3) is 0.429. The maximum absolute atomic E-state index is 12.0. The summed E-state index contributed by atoms with van der Waals surface area (Å²) < 4.78 is 0. The Kier molecular flexibility index (Phi) is 5.09. The lowest BCUT2D eigenvalue weighted by atomic mass is 10.1. The van der Waals surface area contributed by atoms with Crippen LogP contribution in [0.4, 0.5) is 5.82 Å². The van der Waals surface area contributed by atoms with Crippen LogP contribution in [-0.4, -0.2) is 53.2 Å². The Bertz CT molecular complexity index is 824. The molecule has 2 aromatic rings. The minimum absolute atomic E-state index is 0.452. The molecular formula is C21H26N4O2. The zero-order chi connectivity index (χ0) is 18.8. The lowest BCUT2D eigenvalue weighted by Crippen LogP contribution is -2.35. The van der Waals surface area contributed by atoms with Gasteiger partial charge in [-0.3, -0.25) is 9.69 Å². The average Bonchev–Trinajstić information content (AvgIpc) is 3.04. The van der Waals surface area contributed by atoms with Gasteiger partial charge in [0.2, 0.25) is 0 Å². The van der Waals surface area contributed by atoms with Gasteiger partial charge in [-0.1, -0.05) is 30.3 Å². The number of aryl methyl sites for hydroxylation is 2. The molecule has 6 heteroatoms. The van der Waals surface area contributed by atoms with Crippen molar-refractivity contribution in [1.29, 1.82) is 0 Å². The number of benzene rings is 1. The first-order valence-electron chi connectivity index (χ1n) is 9.62. The first kappa shape index (κ1) is 17.9. The highest BCUT2D eigenvalue weighted by Crippen LogP contribution is 2.28. The molecule has 2 heterocycles. The maximum atomic E-state index is 12.0. The fourth-order valence-corrected chi connectivity index (χ4v) is 4.12. The molecule has 2 aliphatic rings. The lowest BCUT2D eigenvalue weighted by Gasteiger charge is -2.25. The Balaban J connectivity index is 1.56. The number of carbonyl (C=O) groups is 1. The van der Waals surface area contributed by atoms with E-state index in [2.05, 4.69) is 17.0 Å². The predicted molar refractivity (Wildman–Crippen MR) is 105 cm³/mol. The van der Waals surface area contributed by atoms with Crippen molar-refractivity contribution in [3.05, 3.63) is 58.8 Å². The third-order valence-corrected chi connectivity index (χ3v) is 5.43. The topological polar surface area (TPSA) is 82.7 Å². The smallest absolute Gasteiger partial charge is 0.252 e. The van der Waals surface area contributed by atoms with Gasteiger partial charge in [-0.25, -0.2) is 4.98 Å². The summed E-state index contributed by atoms with van der Waals surface area (Å²) >= 11 is 0. The number of fused-ring (bicyclic) bond motifs is 1. The number of hydrogen-bond donors (Lipinski definition) is 2. The zero-order valence-electron chi connectivity index (χ0n) is 15.5. The number of primary amides is 1. The van der Waals surface area contributed by atoms with Crippen LogP contribution in [0, 0.1) is 0 Å². The fourth-order valence-electron chi connectivity index (χ4n) is 4.12. The molecule has 1 unspecified atom stereocenters. The van der Waals surface area contributed by atoms with Gasteiger partial charge in [0.05, 0.1) is 11.7 Å². The SMILES string of the molecule is NC(=O)c1cc2c(nc1N1CCN(Cc3ccccc3)CC(O)C1)CCC2. The molecule has 3 N–H and O–H groups in total. The number of nitrogens with two attached hydrogens (primary N) is 1. The second-order valence-corrected chi connectivity index (χ2v) is 7.50. The van der Waals surface area contributed by atoms with Crippen molar-refractivity contribution in [1.82, 2.24) is 9.88 Å². The number of hydrogen-bond acceptors (Lipinski definition) is 5. The number of anilines is 1. The first-order chi connectivity index (χ1) is 13.1. The standard InChI is InChI=1S/C21H26N4O2/c22-20(27)18-11-16-7-4-8-19(16)23-21(18)25-10-9-24(13-17(26)14-25)12-15-5-2-1-3-6-15/h1-3,5-6,11,17,26H,4,7-10,12-14H2,(H2,22,27). The molecule has 1 atom stereocenters. The number of amides is 1. The molecule has 1 aromatic heterocycles. The Morgan fingerprint density at radius 2 is 2.00 bits per heavy atom. The molecule has 1 aliphatic carbocycles. The highest BCUT2D eigenvalue weighted by atomic mass is 16.3. The van der Waals surface area contributed by atoms with E-state index < -0.39 is 12.0 Å². The number of β-amino-alcohol motifs (C(OH)–C–C–N with tert-alkyl or cyclic N) is 1. The Labute approximate surface area is 159 Å². The van der Waals surface area contributed by atoms with Crippen LogP contribution in [0.25, 0.3) is 0 Å². The summed E-state index contributed by atoms with van der Waals surface area (Å²) in [6.07, 6.45) is 2.46. The van der Waals surface area contributed by atoms with E-state index in [1.165, 1.54) is 5.56 Å². The minimum atomic E-state index is -0.507. The molecule has 1 aromatic carbocycles. The van der Waals surface area contributed by atoms with E-state index in [1.54, 1.807) is 0 Å². The number of pyridine rings is 1. The third-order valence-electron chi connectivity index (χ3n) is 5.43. The van der Waals surface area contributed by atoms with Crippen LogP contribution in [0.3, 0.4) is 0 Å². The van der Waals surface area contributed by atoms with E-state index in [0.717, 1.165) is 43.6 Å². The van der Waals surface area contributed by atoms with Crippen LogP contribution in [0.1, 0.15) is 33.6 Å². The Hall–Kier alpha value is -2.44. The van der Waals surface area contributed by atoms with Gasteiger partial charge >= 0.3 is 0 Å². The number of nitrogens with zero attached hydrogens (tertiary/aromatic N) is 3. The lowest BCUT2D eigenvalue weighted by molar-refractivity contribution is 0.0999. The third kappa shape index (κ3) is 3.96. The second-order valence-electron chi connectivity index (χ2n) is 7.50. The monoisotopic (exact) mass is 366 g/mol. The molecule has 1 fully saturated rings. The van der Waals surface area contributed by atoms with Crippen LogP contribution in [0.5, 0.6) is 0 Å². The Morgan fingerprint density at radius 1 is 1.19 bits per heavy atom. The molecule has 1 saturated heterocycles. The van der Waals surface area contributed by atoms with Gasteiger partial charge in [-0.15, -0.1) is 0 Å². The van der Waals surface area contributed by atoms with E-state index in [0.29, 0.717) is 31.0 Å². The van der Waals surface area contributed by atoms with E-state index >= 15 is 0 Å². The molecule has 0 radical (unpaired) electrons. The second kappa shape index (κ2) is 7.66. The van der Waals surface area contributed by atoms with E-state index in [-0.39, 0.29) is 0 Å². The van der Waals surface area contributed by atoms with E-state index in [4.69, 9.17) is 10.7 Å². The van der Waals surface area contributed by atoms with Gasteiger partial charge in [0.1, 0.15) is 5.82 Å². The van der Waals surface area contributed by atoms with Crippen molar-refractivity contribution >= 4 is 11.7 Å². The minimum Gasteiger partial charge on any atom is -0.390 e. The normalized spacial score (nSPS) is 20.3. The molecule has 0 saturated carbocycles. The van der Waals surface area contributed by atoms with Crippen molar-refractivity contribution in [2.45, 2.75) is 31.9 Å². The number of aliphatic hydroxyl groups excluding tert-OH is 1. The molecule has 0 spiro atoms. The summed E-state index contributed by atoms with van der Waals surface area (Å²) in [5, 5.41) is 10.6. The zero-order valence-corrected chi connectivity index (χ0v) is 15.5. The van der Waals surface area contributed by atoms with E-state index in [9.17, 15) is 9.90 Å². The van der Waals surface area contributed by atoms with Crippen LogP contribution < -0.4 is 10.6 Å². The van der Waals surface area contributed by atoms with Crippen LogP contribution >= 0.6 is 0 Å². The van der Waals surface area contributed by atoms with Gasteiger partial charge in [0, 0.05) is 38.4 Å². The molecule has 1 amide bonds. The van der Waals surface area contributed by atoms with Crippen molar-refractivity contribution < 1.29 is 9.90 Å². The maximum Gasteiger partial charge on any atom is 0.252 e. The molecule has 27 heavy (non-hydrogen) atoms. The number of aromatic nitrogens is 1. The van der Waals surface area contributed by atoms with Crippen LogP contribution in [-0.2, 0) is 19.4 Å². The summed E-state index contributed by atoms with van der Waals surface area (Å²) in [4.78, 5) is 21.1. The van der Waals surface area contributed by atoms with Gasteiger partial charge < -0.3 is 15.7 Å². The molecule has 0 bridgehead atoms. The number of rotatable bonds is 4. The summed E-state index contributed by atoms with van der Waals surface area (Å²) in [5.41, 5.74) is 9.54. The van der Waals surface area contributed by atoms with Crippen LogP contribution in [0.2, 0.25) is 0 Å². The first-order valence-corrected chi connectivity index (χ1v) is 9.62. The highest BCUT2D eigenvalue weighted by molar-refractivity contribution is 5.98. The molecule has 6 nitrogen and oxygen atoms in total. The number of aliphatic hydroxyl groups is 1. The summed E-state index contributed by atoms with van der Waals surface area (Å²) in [6.45, 7) is 3.35. The summed E-state index contributed by atoms with van der Waals surface area (Å²) in [7, 11) is 0. The Morgan fingerprint density at radius 3 is 2.78 bits per heavy atom. The highest BCUT2D eigenvalue weighted by Gasteiger charge is 2.27. The molecule has 142 valence electrons.